The minimum atomic E-state index is -0.116. The highest BCUT2D eigenvalue weighted by molar-refractivity contribution is 6.09. The van der Waals surface area contributed by atoms with Crippen molar-refractivity contribution in [2.75, 3.05) is 62.6 Å². The largest absolute Gasteiger partial charge is 0.493 e. The number of fused-ring (bicyclic) bond motifs is 1. The lowest BCUT2D eigenvalue weighted by molar-refractivity contribution is 0.102. The number of nitrogens with zero attached hydrogens (tertiary/aromatic N) is 4. The molecule has 0 aliphatic carbocycles. The summed E-state index contributed by atoms with van der Waals surface area (Å²) in [6, 6.07) is 13.5. The SMILES string of the molecule is Cc1cc(O)nc2ccc(NC(=O)c3cc(CN4CCN(CCO)CC4)ccc3N3CCCC3)cc12. The summed E-state index contributed by atoms with van der Waals surface area (Å²) in [7, 11) is 0. The van der Waals surface area contributed by atoms with Gasteiger partial charge in [0.2, 0.25) is 5.88 Å². The van der Waals surface area contributed by atoms with E-state index < -0.39 is 0 Å². The highest BCUT2D eigenvalue weighted by Gasteiger charge is 2.22. The lowest BCUT2D eigenvalue weighted by Gasteiger charge is -2.34. The van der Waals surface area contributed by atoms with Crippen molar-refractivity contribution in [1.82, 2.24) is 14.8 Å². The molecule has 3 N–H and O–H groups in total. The first kappa shape index (κ1) is 24.5. The van der Waals surface area contributed by atoms with E-state index in [1.807, 2.05) is 25.1 Å². The van der Waals surface area contributed by atoms with E-state index in [2.05, 4.69) is 43.2 Å². The molecule has 8 nitrogen and oxygen atoms in total. The maximum absolute atomic E-state index is 13.6. The Morgan fingerprint density at radius 1 is 0.972 bits per heavy atom. The van der Waals surface area contributed by atoms with Crippen LogP contribution in [0.15, 0.2) is 42.5 Å². The molecule has 2 aliphatic rings. The van der Waals surface area contributed by atoms with Gasteiger partial charge in [0, 0.05) is 75.2 Å². The summed E-state index contributed by atoms with van der Waals surface area (Å²) < 4.78 is 0. The van der Waals surface area contributed by atoms with Crippen molar-refractivity contribution in [3.05, 3.63) is 59.2 Å². The zero-order valence-electron chi connectivity index (χ0n) is 20.9. The number of rotatable bonds is 7. The molecule has 3 aromatic rings. The third-order valence-corrected chi connectivity index (χ3v) is 7.30. The maximum atomic E-state index is 13.6. The fourth-order valence-electron chi connectivity index (χ4n) is 5.32. The second-order valence-electron chi connectivity index (χ2n) is 9.87. The molecule has 0 saturated carbocycles. The van der Waals surface area contributed by atoms with Crippen LogP contribution in [-0.4, -0.2) is 83.3 Å². The predicted octanol–water partition coefficient (Wildman–Crippen LogP) is 3.21. The van der Waals surface area contributed by atoms with Crippen molar-refractivity contribution < 1.29 is 15.0 Å². The number of aliphatic hydroxyl groups is 1. The Labute approximate surface area is 212 Å². The van der Waals surface area contributed by atoms with E-state index in [0.29, 0.717) is 16.8 Å². The summed E-state index contributed by atoms with van der Waals surface area (Å²) in [4.78, 5) is 24.8. The van der Waals surface area contributed by atoms with Gasteiger partial charge >= 0.3 is 0 Å². The number of carbonyl (C=O) groups is 1. The molecule has 0 spiro atoms. The van der Waals surface area contributed by atoms with Crippen LogP contribution in [0.1, 0.15) is 34.3 Å². The zero-order chi connectivity index (χ0) is 25.1. The highest BCUT2D eigenvalue weighted by atomic mass is 16.3. The van der Waals surface area contributed by atoms with Gasteiger partial charge in [-0.2, -0.15) is 0 Å². The first-order chi connectivity index (χ1) is 17.5. The molecule has 36 heavy (non-hydrogen) atoms. The number of benzene rings is 2. The summed E-state index contributed by atoms with van der Waals surface area (Å²) in [6.07, 6.45) is 2.29. The van der Waals surface area contributed by atoms with Crippen molar-refractivity contribution in [3.63, 3.8) is 0 Å². The predicted molar refractivity (Wildman–Crippen MR) is 143 cm³/mol. The number of anilines is 2. The molecule has 190 valence electrons. The zero-order valence-corrected chi connectivity index (χ0v) is 20.9. The molecule has 0 unspecified atom stereocenters. The number of carbonyl (C=O) groups excluding carboxylic acids is 1. The van der Waals surface area contributed by atoms with Crippen LogP contribution in [0.3, 0.4) is 0 Å². The number of piperazine rings is 1. The molecule has 1 amide bonds. The Hall–Kier alpha value is -3.20. The van der Waals surface area contributed by atoms with E-state index in [1.165, 1.54) is 0 Å². The number of nitrogens with one attached hydrogen (secondary N) is 1. The second kappa shape index (κ2) is 10.8. The highest BCUT2D eigenvalue weighted by Crippen LogP contribution is 2.29. The summed E-state index contributed by atoms with van der Waals surface area (Å²) in [5.41, 5.74) is 5.14. The first-order valence-corrected chi connectivity index (χ1v) is 12.9. The van der Waals surface area contributed by atoms with Gasteiger partial charge in [-0.3, -0.25) is 14.6 Å². The Morgan fingerprint density at radius 3 is 2.47 bits per heavy atom. The van der Waals surface area contributed by atoms with Crippen LogP contribution in [0.2, 0.25) is 0 Å². The summed E-state index contributed by atoms with van der Waals surface area (Å²) >= 11 is 0. The van der Waals surface area contributed by atoms with Crippen LogP contribution in [0, 0.1) is 6.92 Å². The van der Waals surface area contributed by atoms with E-state index in [4.69, 9.17) is 0 Å². The monoisotopic (exact) mass is 489 g/mol. The standard InChI is InChI=1S/C28H35N5O3/c1-20-16-27(35)30-25-6-5-22(18-23(20)25)29-28(36)24-17-21(4-7-26(24)33-8-2-3-9-33)19-32-12-10-31(11-13-32)14-15-34/h4-7,16-18,34H,2-3,8-15,19H2,1H3,(H,29,36)(H,30,35). The average molecular weight is 490 g/mol. The molecule has 2 saturated heterocycles. The molecule has 0 atom stereocenters. The molecule has 8 heteroatoms. The number of pyridine rings is 1. The molecule has 2 aliphatic heterocycles. The van der Waals surface area contributed by atoms with E-state index in [0.717, 1.165) is 87.4 Å². The fraction of sp³-hybridized carbons (Fsp3) is 0.429. The first-order valence-electron chi connectivity index (χ1n) is 12.9. The van der Waals surface area contributed by atoms with Crippen LogP contribution in [0.25, 0.3) is 10.9 Å². The van der Waals surface area contributed by atoms with E-state index >= 15 is 0 Å². The Bertz CT molecular complexity index is 1230. The quantitative estimate of drug-likeness (QED) is 0.469. The topological polar surface area (TPSA) is 92.2 Å². The number of hydrogen-bond acceptors (Lipinski definition) is 7. The van der Waals surface area contributed by atoms with Gasteiger partial charge < -0.3 is 20.4 Å². The van der Waals surface area contributed by atoms with Crippen LogP contribution in [0.5, 0.6) is 5.88 Å². The number of aromatic nitrogens is 1. The summed E-state index contributed by atoms with van der Waals surface area (Å²) in [5, 5.41) is 23.0. The number of aryl methyl sites for hydroxylation is 1. The van der Waals surface area contributed by atoms with Crippen LogP contribution < -0.4 is 10.2 Å². The average Bonchev–Trinajstić information content (AvgIpc) is 3.41. The van der Waals surface area contributed by atoms with Gasteiger partial charge in [0.05, 0.1) is 17.7 Å². The van der Waals surface area contributed by atoms with Crippen LogP contribution in [-0.2, 0) is 6.54 Å². The van der Waals surface area contributed by atoms with Crippen molar-refractivity contribution in [2.45, 2.75) is 26.3 Å². The number of amides is 1. The molecule has 3 heterocycles. The van der Waals surface area contributed by atoms with Gasteiger partial charge in [0.1, 0.15) is 0 Å². The van der Waals surface area contributed by atoms with E-state index in [1.54, 1.807) is 6.07 Å². The van der Waals surface area contributed by atoms with Gasteiger partial charge in [-0.1, -0.05) is 6.07 Å². The van der Waals surface area contributed by atoms with Gasteiger partial charge in [0.15, 0.2) is 0 Å². The Kier molecular flexibility index (Phi) is 7.36. The third kappa shape index (κ3) is 5.46. The van der Waals surface area contributed by atoms with Crippen molar-refractivity contribution in [1.29, 1.82) is 0 Å². The number of hydrogen-bond donors (Lipinski definition) is 3. The lowest BCUT2D eigenvalue weighted by atomic mass is 10.0. The third-order valence-electron chi connectivity index (χ3n) is 7.30. The normalized spacial score (nSPS) is 17.1. The minimum absolute atomic E-state index is 0.00124. The number of aliphatic hydroxyl groups excluding tert-OH is 1. The van der Waals surface area contributed by atoms with Crippen molar-refractivity contribution in [2.24, 2.45) is 0 Å². The lowest BCUT2D eigenvalue weighted by Crippen LogP contribution is -2.46. The van der Waals surface area contributed by atoms with Crippen molar-refractivity contribution in [3.8, 4) is 5.88 Å². The Morgan fingerprint density at radius 2 is 1.72 bits per heavy atom. The summed E-state index contributed by atoms with van der Waals surface area (Å²) in [5.74, 6) is -0.117. The molecule has 2 fully saturated rings. The second-order valence-corrected chi connectivity index (χ2v) is 9.87. The molecule has 5 rings (SSSR count). The van der Waals surface area contributed by atoms with E-state index in [9.17, 15) is 15.0 Å². The van der Waals surface area contributed by atoms with Crippen molar-refractivity contribution >= 4 is 28.2 Å². The van der Waals surface area contributed by atoms with E-state index in [-0.39, 0.29) is 18.4 Å². The van der Waals surface area contributed by atoms with Gasteiger partial charge in [0.25, 0.3) is 5.91 Å². The number of aromatic hydroxyl groups is 1. The fourth-order valence-corrected chi connectivity index (χ4v) is 5.32. The van der Waals surface area contributed by atoms with Gasteiger partial charge in [-0.15, -0.1) is 0 Å². The molecular weight excluding hydrogens is 454 g/mol. The molecule has 0 bridgehead atoms. The van der Waals surface area contributed by atoms with Crippen LogP contribution in [0.4, 0.5) is 11.4 Å². The smallest absolute Gasteiger partial charge is 0.257 e. The maximum Gasteiger partial charge on any atom is 0.257 e. The molecular formula is C28H35N5O3. The minimum Gasteiger partial charge on any atom is -0.493 e. The molecule has 0 radical (unpaired) electrons. The molecule has 1 aromatic heterocycles. The summed E-state index contributed by atoms with van der Waals surface area (Å²) in [6.45, 7) is 9.41. The Balaban J connectivity index is 1.37. The number of β-amino-alcohol motifs (C(OH)–C–C–N with tert-alkyl or cyclic N) is 1. The van der Waals surface area contributed by atoms with Gasteiger partial charge in [-0.05, 0) is 61.2 Å². The molecule has 2 aromatic carbocycles. The van der Waals surface area contributed by atoms with Gasteiger partial charge in [-0.25, -0.2) is 4.98 Å². The van der Waals surface area contributed by atoms with Crippen LogP contribution >= 0.6 is 0 Å².